The molecule has 2 aromatic rings. The molecule has 0 atom stereocenters. The molecule has 156 valence electrons. The van der Waals surface area contributed by atoms with Gasteiger partial charge in [-0.2, -0.15) is 0 Å². The van der Waals surface area contributed by atoms with Crippen molar-refractivity contribution < 1.29 is 18.7 Å². The summed E-state index contributed by atoms with van der Waals surface area (Å²) in [4.78, 5) is 32.5. The molecular formula is C21H27FN4O3. The molecule has 3 heterocycles. The van der Waals surface area contributed by atoms with Gasteiger partial charge in [-0.1, -0.05) is 0 Å². The van der Waals surface area contributed by atoms with Crippen LogP contribution in [0.15, 0.2) is 24.3 Å². The fourth-order valence-electron chi connectivity index (χ4n) is 3.77. The van der Waals surface area contributed by atoms with E-state index in [1.54, 1.807) is 24.3 Å². The second kappa shape index (κ2) is 7.76. The van der Waals surface area contributed by atoms with Gasteiger partial charge in [-0.15, -0.1) is 0 Å². The molecule has 0 radical (unpaired) electrons. The van der Waals surface area contributed by atoms with Crippen molar-refractivity contribution in [3.05, 3.63) is 35.5 Å². The van der Waals surface area contributed by atoms with Crippen molar-refractivity contribution in [1.82, 2.24) is 20.1 Å². The monoisotopic (exact) mass is 402 g/mol. The van der Waals surface area contributed by atoms with E-state index in [0.717, 1.165) is 24.0 Å². The largest absolute Gasteiger partial charge is 0.374 e. The number of ether oxygens (including phenoxy) is 1. The Labute approximate surface area is 169 Å². The van der Waals surface area contributed by atoms with Crippen LogP contribution >= 0.6 is 0 Å². The third-order valence-corrected chi connectivity index (χ3v) is 5.73. The zero-order valence-electron chi connectivity index (χ0n) is 16.8. The van der Waals surface area contributed by atoms with Crippen LogP contribution in [0, 0.1) is 0 Å². The number of hydrogen-bond acceptors (Lipinski definition) is 4. The van der Waals surface area contributed by atoms with Gasteiger partial charge in [0.15, 0.2) is 5.67 Å². The Hall–Kier alpha value is -2.45. The molecule has 0 spiro atoms. The molecule has 0 unspecified atom stereocenters. The van der Waals surface area contributed by atoms with E-state index in [9.17, 15) is 14.0 Å². The molecule has 0 saturated carbocycles. The van der Waals surface area contributed by atoms with E-state index >= 15 is 0 Å². The maximum Gasteiger partial charge on any atom is 0.267 e. The maximum atomic E-state index is 14.0. The first-order valence-corrected chi connectivity index (χ1v) is 10.1. The van der Waals surface area contributed by atoms with Gasteiger partial charge in [0.25, 0.3) is 11.8 Å². The van der Waals surface area contributed by atoms with E-state index < -0.39 is 5.67 Å². The fraction of sp³-hybridized carbons (Fsp3) is 0.524. The van der Waals surface area contributed by atoms with Crippen molar-refractivity contribution in [2.45, 2.75) is 25.6 Å². The number of benzene rings is 1. The smallest absolute Gasteiger partial charge is 0.267 e. The number of hydrogen-bond donors (Lipinski definition) is 2. The number of aromatic amines is 1. The number of nitrogens with one attached hydrogen (secondary N) is 2. The molecule has 8 heteroatoms. The number of H-pyrrole nitrogens is 1. The van der Waals surface area contributed by atoms with Gasteiger partial charge in [0.05, 0.1) is 19.8 Å². The number of fused-ring (bicyclic) bond motifs is 1. The van der Waals surface area contributed by atoms with Crippen molar-refractivity contribution in [2.75, 3.05) is 45.9 Å². The molecule has 2 N–H and O–H groups in total. The van der Waals surface area contributed by atoms with Gasteiger partial charge in [0, 0.05) is 48.7 Å². The minimum atomic E-state index is -1.47. The van der Waals surface area contributed by atoms with Crippen molar-refractivity contribution >= 4 is 22.7 Å². The highest BCUT2D eigenvalue weighted by molar-refractivity contribution is 6.01. The average Bonchev–Trinajstić information content (AvgIpc) is 3.13. The van der Waals surface area contributed by atoms with E-state index in [2.05, 4.69) is 29.0 Å². The maximum absolute atomic E-state index is 14.0. The number of alkyl halides is 1. The van der Waals surface area contributed by atoms with Crippen LogP contribution in [0.4, 0.5) is 4.39 Å². The summed E-state index contributed by atoms with van der Waals surface area (Å²) in [5, 5.41) is 3.38. The molecule has 29 heavy (non-hydrogen) atoms. The van der Waals surface area contributed by atoms with Gasteiger partial charge < -0.3 is 19.9 Å². The number of rotatable bonds is 5. The predicted molar refractivity (Wildman–Crippen MR) is 108 cm³/mol. The van der Waals surface area contributed by atoms with Gasteiger partial charge in [-0.05, 0) is 38.1 Å². The summed E-state index contributed by atoms with van der Waals surface area (Å²) in [5.74, 6) is -0.366. The molecule has 7 nitrogen and oxygen atoms in total. The highest BCUT2D eigenvalue weighted by atomic mass is 19.1. The number of aromatic nitrogens is 1. The Morgan fingerprint density at radius 3 is 2.55 bits per heavy atom. The van der Waals surface area contributed by atoms with Gasteiger partial charge >= 0.3 is 0 Å². The van der Waals surface area contributed by atoms with Gasteiger partial charge in [-0.25, -0.2) is 4.39 Å². The van der Waals surface area contributed by atoms with Crippen molar-refractivity contribution in [3.8, 4) is 0 Å². The lowest BCUT2D eigenvalue weighted by atomic mass is 10.1. The molecule has 2 fully saturated rings. The Balaban J connectivity index is 1.42. The minimum Gasteiger partial charge on any atom is -0.374 e. The molecule has 0 bridgehead atoms. The topological polar surface area (TPSA) is 77.7 Å². The van der Waals surface area contributed by atoms with Crippen molar-refractivity contribution in [2.24, 2.45) is 0 Å². The molecule has 1 aromatic heterocycles. The molecule has 1 aromatic carbocycles. The third kappa shape index (κ3) is 4.13. The highest BCUT2D eigenvalue weighted by Gasteiger charge is 2.39. The molecule has 2 saturated heterocycles. The first kappa shape index (κ1) is 19.8. The average molecular weight is 402 g/mol. The quantitative estimate of drug-likeness (QED) is 0.800. The minimum absolute atomic E-state index is 0.00635. The summed E-state index contributed by atoms with van der Waals surface area (Å²) >= 11 is 0. The lowest BCUT2D eigenvalue weighted by Gasteiger charge is -2.37. The van der Waals surface area contributed by atoms with E-state index in [0.29, 0.717) is 30.4 Å². The molecule has 2 amide bonds. The van der Waals surface area contributed by atoms with Crippen molar-refractivity contribution in [1.29, 1.82) is 0 Å². The third-order valence-electron chi connectivity index (χ3n) is 5.73. The summed E-state index contributed by atoms with van der Waals surface area (Å²) in [5.41, 5.74) is 0.244. The summed E-state index contributed by atoms with van der Waals surface area (Å²) in [7, 11) is 0. The Bertz CT molecular complexity index is 914. The molecular weight excluding hydrogens is 375 g/mol. The molecule has 4 rings (SSSR count). The second-order valence-corrected chi connectivity index (χ2v) is 8.23. The Morgan fingerprint density at radius 2 is 1.93 bits per heavy atom. The number of carbonyl (C=O) groups is 2. The molecule has 0 aliphatic carbocycles. The van der Waals surface area contributed by atoms with Gasteiger partial charge in [0.2, 0.25) is 0 Å². The summed E-state index contributed by atoms with van der Waals surface area (Å²) < 4.78 is 18.8. The lowest BCUT2D eigenvalue weighted by molar-refractivity contribution is -0.126. The van der Waals surface area contributed by atoms with Gasteiger partial charge in [-0.3, -0.25) is 14.5 Å². The first-order valence-electron chi connectivity index (χ1n) is 10.1. The standard InChI is InChI=1S/C21H27FN4O3/c1-14(2)25-5-7-26(8-6-25)20(28)15-3-4-17-16(9-15)10-18(24-17)19(27)23-11-21(22)12-29-13-21/h3-4,9-10,14,24H,5-8,11-13H2,1-2H3,(H,23,27). The van der Waals surface area contributed by atoms with Crippen molar-refractivity contribution in [3.63, 3.8) is 0 Å². The number of halogens is 1. The SMILES string of the molecule is CC(C)N1CCN(C(=O)c2ccc3[nH]c(C(=O)NCC4(F)COC4)cc3c2)CC1. The number of amides is 2. The summed E-state index contributed by atoms with van der Waals surface area (Å²) in [6.45, 7) is 7.45. The van der Waals surface area contributed by atoms with Crippen LogP contribution in [0.25, 0.3) is 10.9 Å². The van der Waals surface area contributed by atoms with Crippen LogP contribution in [-0.2, 0) is 4.74 Å². The van der Waals surface area contributed by atoms with Crippen LogP contribution in [0.1, 0.15) is 34.7 Å². The first-order chi connectivity index (χ1) is 13.8. The Morgan fingerprint density at radius 1 is 1.21 bits per heavy atom. The number of carbonyl (C=O) groups excluding carboxylic acids is 2. The van der Waals surface area contributed by atoms with E-state index in [-0.39, 0.29) is 31.6 Å². The van der Waals surface area contributed by atoms with Crippen LogP contribution in [-0.4, -0.2) is 84.2 Å². The van der Waals surface area contributed by atoms with E-state index in [1.165, 1.54) is 0 Å². The summed E-state index contributed by atoms with van der Waals surface area (Å²) in [6, 6.07) is 7.56. The Kier molecular flexibility index (Phi) is 5.31. The van der Waals surface area contributed by atoms with Crippen LogP contribution in [0.3, 0.4) is 0 Å². The normalized spacial score (nSPS) is 19.4. The summed E-state index contributed by atoms with van der Waals surface area (Å²) in [6.07, 6.45) is 0. The number of piperazine rings is 1. The van der Waals surface area contributed by atoms with E-state index in [4.69, 9.17) is 4.74 Å². The lowest BCUT2D eigenvalue weighted by Crippen LogP contribution is -2.53. The highest BCUT2D eigenvalue weighted by Crippen LogP contribution is 2.22. The zero-order chi connectivity index (χ0) is 20.6. The fourth-order valence-corrected chi connectivity index (χ4v) is 3.77. The van der Waals surface area contributed by atoms with E-state index in [1.807, 2.05) is 4.90 Å². The number of nitrogens with zero attached hydrogens (tertiary/aromatic N) is 2. The van der Waals surface area contributed by atoms with Crippen LogP contribution in [0.2, 0.25) is 0 Å². The molecule has 2 aliphatic rings. The van der Waals surface area contributed by atoms with Crippen LogP contribution in [0.5, 0.6) is 0 Å². The second-order valence-electron chi connectivity index (χ2n) is 8.23. The predicted octanol–water partition coefficient (Wildman–Crippen LogP) is 1.80. The van der Waals surface area contributed by atoms with Gasteiger partial charge in [0.1, 0.15) is 5.69 Å². The van der Waals surface area contributed by atoms with Crippen LogP contribution < -0.4 is 5.32 Å². The molecule has 2 aliphatic heterocycles. The zero-order valence-corrected chi connectivity index (χ0v) is 16.8.